The van der Waals surface area contributed by atoms with Crippen LogP contribution in [0.5, 0.6) is 11.5 Å². The first-order valence-corrected chi connectivity index (χ1v) is 6.03. The summed E-state index contributed by atoms with van der Waals surface area (Å²) in [6, 6.07) is 7.16. The van der Waals surface area contributed by atoms with Crippen molar-refractivity contribution in [2.24, 2.45) is 0 Å². The Balaban J connectivity index is 2.48. The second kappa shape index (κ2) is 5.38. The van der Waals surface area contributed by atoms with Gasteiger partial charge in [-0.2, -0.15) is 0 Å². The third-order valence-corrected chi connectivity index (χ3v) is 2.96. The predicted molar refractivity (Wildman–Crippen MR) is 74.0 cm³/mol. The van der Waals surface area contributed by atoms with E-state index in [0.717, 1.165) is 11.6 Å². The summed E-state index contributed by atoms with van der Waals surface area (Å²) in [6.07, 6.45) is 0. The maximum absolute atomic E-state index is 13.3. The average molecular weight is 296 g/mol. The zero-order valence-corrected chi connectivity index (χ0v) is 11.2. The molecule has 0 atom stereocenters. The molecule has 0 aliphatic rings. The highest BCUT2D eigenvalue weighted by molar-refractivity contribution is 6.30. The van der Waals surface area contributed by atoms with Crippen LogP contribution in [-0.4, -0.2) is 11.1 Å². The number of halogens is 2. The average Bonchev–Trinajstić information content (AvgIpc) is 2.36. The standard InChI is InChI=1S/C14H11ClFNO3/c1-7-6-8(15)2-4-10(7)20-11-5-3-9(16)13(17)12(11)14(18)19/h2-6H,17H2,1H3,(H,18,19). The number of rotatable bonds is 3. The van der Waals surface area contributed by atoms with Crippen molar-refractivity contribution in [1.29, 1.82) is 0 Å². The van der Waals surface area contributed by atoms with Gasteiger partial charge in [0.1, 0.15) is 22.9 Å². The van der Waals surface area contributed by atoms with Crippen molar-refractivity contribution in [2.45, 2.75) is 6.92 Å². The van der Waals surface area contributed by atoms with Gasteiger partial charge in [-0.05, 0) is 42.8 Å². The highest BCUT2D eigenvalue weighted by Crippen LogP contribution is 2.33. The summed E-state index contributed by atoms with van der Waals surface area (Å²) in [5, 5.41) is 9.65. The van der Waals surface area contributed by atoms with Gasteiger partial charge in [0.25, 0.3) is 0 Å². The van der Waals surface area contributed by atoms with Crippen LogP contribution < -0.4 is 10.5 Å². The molecule has 2 aromatic carbocycles. The Bertz CT molecular complexity index is 688. The molecule has 0 aromatic heterocycles. The summed E-state index contributed by atoms with van der Waals surface area (Å²) in [5.41, 5.74) is 5.30. The Labute approximate surface area is 119 Å². The second-order valence-electron chi connectivity index (χ2n) is 4.15. The summed E-state index contributed by atoms with van der Waals surface area (Å²) < 4.78 is 18.8. The predicted octanol–water partition coefficient (Wildman–Crippen LogP) is 3.86. The Morgan fingerprint density at radius 3 is 2.55 bits per heavy atom. The summed E-state index contributed by atoms with van der Waals surface area (Å²) in [5.74, 6) is -1.77. The van der Waals surface area contributed by atoms with E-state index in [4.69, 9.17) is 27.2 Å². The lowest BCUT2D eigenvalue weighted by Crippen LogP contribution is -2.07. The zero-order valence-electron chi connectivity index (χ0n) is 10.5. The fourth-order valence-electron chi connectivity index (χ4n) is 1.73. The molecule has 0 saturated carbocycles. The number of hydrogen-bond donors (Lipinski definition) is 2. The van der Waals surface area contributed by atoms with Gasteiger partial charge in [0.2, 0.25) is 0 Å². The molecule has 0 bridgehead atoms. The molecule has 0 saturated heterocycles. The summed E-state index contributed by atoms with van der Waals surface area (Å²) in [4.78, 5) is 11.2. The largest absolute Gasteiger partial charge is 0.477 e. The Morgan fingerprint density at radius 1 is 1.30 bits per heavy atom. The molecule has 3 N–H and O–H groups in total. The highest BCUT2D eigenvalue weighted by atomic mass is 35.5. The Morgan fingerprint density at radius 2 is 1.95 bits per heavy atom. The van der Waals surface area contributed by atoms with Gasteiger partial charge in [0, 0.05) is 5.02 Å². The van der Waals surface area contributed by atoms with E-state index in [1.807, 2.05) is 0 Å². The van der Waals surface area contributed by atoms with Crippen LogP contribution in [0.1, 0.15) is 15.9 Å². The van der Waals surface area contributed by atoms with E-state index in [1.165, 1.54) is 6.07 Å². The molecule has 0 unspecified atom stereocenters. The lowest BCUT2D eigenvalue weighted by molar-refractivity contribution is 0.0695. The van der Waals surface area contributed by atoms with E-state index in [2.05, 4.69) is 0 Å². The molecule has 2 aromatic rings. The molecule has 0 spiro atoms. The Hall–Kier alpha value is -2.27. The molecule has 0 amide bonds. The summed E-state index contributed by atoms with van der Waals surface area (Å²) in [7, 11) is 0. The van der Waals surface area contributed by atoms with Gasteiger partial charge in [-0.1, -0.05) is 11.6 Å². The highest BCUT2D eigenvalue weighted by Gasteiger charge is 2.19. The van der Waals surface area contributed by atoms with Crippen molar-refractivity contribution in [2.75, 3.05) is 5.73 Å². The van der Waals surface area contributed by atoms with Crippen molar-refractivity contribution in [3.8, 4) is 11.5 Å². The van der Waals surface area contributed by atoms with E-state index in [9.17, 15) is 9.18 Å². The molecule has 0 heterocycles. The number of benzene rings is 2. The van der Waals surface area contributed by atoms with E-state index < -0.39 is 23.0 Å². The minimum atomic E-state index is -1.36. The molecule has 20 heavy (non-hydrogen) atoms. The number of aromatic carboxylic acids is 1. The van der Waals surface area contributed by atoms with Gasteiger partial charge in [-0.25, -0.2) is 9.18 Å². The van der Waals surface area contributed by atoms with E-state index >= 15 is 0 Å². The molecule has 0 fully saturated rings. The van der Waals surface area contributed by atoms with Gasteiger partial charge >= 0.3 is 5.97 Å². The lowest BCUT2D eigenvalue weighted by Gasteiger charge is -2.13. The number of anilines is 1. The van der Waals surface area contributed by atoms with Crippen molar-refractivity contribution < 1.29 is 19.0 Å². The third kappa shape index (κ3) is 2.67. The molecule has 2 rings (SSSR count). The van der Waals surface area contributed by atoms with Crippen molar-refractivity contribution in [3.05, 3.63) is 52.3 Å². The van der Waals surface area contributed by atoms with Crippen LogP contribution >= 0.6 is 11.6 Å². The minimum Gasteiger partial charge on any atom is -0.477 e. The number of ether oxygens (including phenoxy) is 1. The topological polar surface area (TPSA) is 72.5 Å². The number of carboxylic acids is 1. The fraction of sp³-hybridized carbons (Fsp3) is 0.0714. The van der Waals surface area contributed by atoms with Crippen molar-refractivity contribution in [1.82, 2.24) is 0 Å². The van der Waals surface area contributed by atoms with E-state index in [0.29, 0.717) is 10.8 Å². The fourth-order valence-corrected chi connectivity index (χ4v) is 1.95. The molecule has 0 aliphatic heterocycles. The lowest BCUT2D eigenvalue weighted by atomic mass is 10.1. The van der Waals surface area contributed by atoms with E-state index in [-0.39, 0.29) is 5.75 Å². The van der Waals surface area contributed by atoms with Crippen LogP contribution in [0.15, 0.2) is 30.3 Å². The number of carbonyl (C=O) groups is 1. The van der Waals surface area contributed by atoms with Gasteiger partial charge in [-0.15, -0.1) is 0 Å². The first kappa shape index (κ1) is 14.1. The smallest absolute Gasteiger partial charge is 0.341 e. The summed E-state index contributed by atoms with van der Waals surface area (Å²) >= 11 is 5.83. The number of aryl methyl sites for hydroxylation is 1. The maximum atomic E-state index is 13.3. The molecule has 6 heteroatoms. The van der Waals surface area contributed by atoms with Crippen molar-refractivity contribution >= 4 is 23.3 Å². The van der Waals surface area contributed by atoms with Crippen LogP contribution in [0.3, 0.4) is 0 Å². The molecule has 0 aliphatic carbocycles. The van der Waals surface area contributed by atoms with Crippen LogP contribution in [0.25, 0.3) is 0 Å². The maximum Gasteiger partial charge on any atom is 0.341 e. The van der Waals surface area contributed by atoms with E-state index in [1.54, 1.807) is 25.1 Å². The minimum absolute atomic E-state index is 0.0261. The van der Waals surface area contributed by atoms with Gasteiger partial charge in [-0.3, -0.25) is 0 Å². The normalized spacial score (nSPS) is 10.3. The molecule has 0 radical (unpaired) electrons. The quantitative estimate of drug-likeness (QED) is 0.843. The number of nitrogen functional groups attached to an aromatic ring is 1. The Kier molecular flexibility index (Phi) is 3.81. The van der Waals surface area contributed by atoms with Crippen LogP contribution in [-0.2, 0) is 0 Å². The van der Waals surface area contributed by atoms with Gasteiger partial charge in [0.15, 0.2) is 0 Å². The van der Waals surface area contributed by atoms with Crippen LogP contribution in [0.2, 0.25) is 5.02 Å². The number of hydrogen-bond acceptors (Lipinski definition) is 3. The molecule has 104 valence electrons. The van der Waals surface area contributed by atoms with Crippen LogP contribution in [0, 0.1) is 12.7 Å². The number of carboxylic acid groups (broad SMARTS) is 1. The zero-order chi connectivity index (χ0) is 14.9. The number of nitrogens with two attached hydrogens (primary N) is 1. The van der Waals surface area contributed by atoms with Crippen LogP contribution in [0.4, 0.5) is 10.1 Å². The molecular weight excluding hydrogens is 285 g/mol. The van der Waals surface area contributed by atoms with Gasteiger partial charge in [0.05, 0.1) is 5.69 Å². The SMILES string of the molecule is Cc1cc(Cl)ccc1Oc1ccc(F)c(N)c1C(=O)O. The molecule has 4 nitrogen and oxygen atoms in total. The first-order chi connectivity index (χ1) is 9.40. The summed E-state index contributed by atoms with van der Waals surface area (Å²) in [6.45, 7) is 1.76. The molecular formula is C14H11ClFNO3. The van der Waals surface area contributed by atoms with Gasteiger partial charge < -0.3 is 15.6 Å². The van der Waals surface area contributed by atoms with Crippen molar-refractivity contribution in [3.63, 3.8) is 0 Å². The monoisotopic (exact) mass is 295 g/mol. The third-order valence-electron chi connectivity index (χ3n) is 2.72. The second-order valence-corrected chi connectivity index (χ2v) is 4.59. The first-order valence-electron chi connectivity index (χ1n) is 5.65.